The van der Waals surface area contributed by atoms with Crippen LogP contribution in [0.1, 0.15) is 12.8 Å². The van der Waals surface area contributed by atoms with Crippen molar-refractivity contribution in [2.45, 2.75) is 18.9 Å². The summed E-state index contributed by atoms with van der Waals surface area (Å²) in [5.74, 6) is -1.70. The van der Waals surface area contributed by atoms with Crippen LogP contribution in [-0.4, -0.2) is 35.5 Å². The summed E-state index contributed by atoms with van der Waals surface area (Å²) in [5, 5.41) is 17.6. The maximum absolute atomic E-state index is 10.7. The highest BCUT2D eigenvalue weighted by Gasteiger charge is 2.33. The Morgan fingerprint density at radius 3 is 2.75 bits per heavy atom. The second kappa shape index (κ2) is 3.55. The summed E-state index contributed by atoms with van der Waals surface area (Å²) in [4.78, 5) is 21.3. The highest BCUT2D eigenvalue weighted by molar-refractivity contribution is 6.40. The second-order valence-corrected chi connectivity index (χ2v) is 2.29. The van der Waals surface area contributed by atoms with E-state index in [0.29, 0.717) is 0 Å². The first-order valence-corrected chi connectivity index (χ1v) is 3.35. The predicted octanol–water partition coefficient (Wildman–Crippen LogP) is -1.80. The molecule has 0 aromatic heterocycles. The number of aliphatic hydroxyl groups excluding tert-OH is 1. The Morgan fingerprint density at radius 2 is 2.08 bits per heavy atom. The fourth-order valence-electron chi connectivity index (χ4n) is 0.746. The molecular weight excluding hydrogens is 167 g/mol. The summed E-state index contributed by atoms with van der Waals surface area (Å²) < 4.78 is 8.27. The van der Waals surface area contributed by atoms with Gasteiger partial charge >= 0.3 is 13.3 Å². The van der Waals surface area contributed by atoms with Gasteiger partial charge < -0.3 is 19.4 Å². The van der Waals surface area contributed by atoms with Crippen LogP contribution in [0.2, 0.25) is 0 Å². The lowest BCUT2D eigenvalue weighted by atomic mass is 10.1. The first kappa shape index (κ1) is 9.02. The molecule has 1 saturated heterocycles. The van der Waals surface area contributed by atoms with Gasteiger partial charge in [0.25, 0.3) is 5.97 Å². The van der Waals surface area contributed by atoms with Gasteiger partial charge in [0.2, 0.25) is 0 Å². The fraction of sp³-hybridized carbons (Fsp3) is 0.600. The SMILES string of the molecule is O=C1CCC(O)C(=O)OB(O)O1. The fourth-order valence-corrected chi connectivity index (χ4v) is 0.746. The molecule has 0 aromatic carbocycles. The summed E-state index contributed by atoms with van der Waals surface area (Å²) in [6.07, 6.45) is -1.54. The molecule has 0 saturated carbocycles. The molecule has 1 aliphatic rings. The first-order chi connectivity index (χ1) is 5.59. The van der Waals surface area contributed by atoms with Crippen LogP contribution in [0.3, 0.4) is 0 Å². The van der Waals surface area contributed by atoms with Crippen LogP contribution in [0, 0.1) is 0 Å². The maximum Gasteiger partial charge on any atom is 0.789 e. The molecule has 1 aliphatic heterocycles. The summed E-state index contributed by atoms with van der Waals surface area (Å²) >= 11 is 0. The van der Waals surface area contributed by atoms with Crippen LogP contribution in [0.4, 0.5) is 0 Å². The maximum atomic E-state index is 10.7. The van der Waals surface area contributed by atoms with Crippen LogP contribution in [0.5, 0.6) is 0 Å². The number of rotatable bonds is 0. The van der Waals surface area contributed by atoms with Gasteiger partial charge in [-0.3, -0.25) is 9.59 Å². The van der Waals surface area contributed by atoms with Crippen LogP contribution >= 0.6 is 0 Å². The molecular formula is C5H7BO6. The molecule has 1 fully saturated rings. The summed E-state index contributed by atoms with van der Waals surface area (Å²) in [7, 11) is -1.90. The minimum absolute atomic E-state index is 0.0512. The van der Waals surface area contributed by atoms with E-state index in [1.54, 1.807) is 0 Å². The number of aliphatic hydroxyl groups is 1. The molecule has 1 unspecified atom stereocenters. The zero-order valence-electron chi connectivity index (χ0n) is 6.10. The van der Waals surface area contributed by atoms with Gasteiger partial charge in [-0.25, -0.2) is 0 Å². The normalized spacial score (nSPS) is 25.5. The Labute approximate surface area is 68.3 Å². The molecule has 2 N–H and O–H groups in total. The third kappa shape index (κ3) is 2.21. The van der Waals surface area contributed by atoms with Gasteiger partial charge in [-0.1, -0.05) is 0 Å². The number of hydrogen-bond acceptors (Lipinski definition) is 6. The van der Waals surface area contributed by atoms with Crippen molar-refractivity contribution in [3.8, 4) is 0 Å². The van der Waals surface area contributed by atoms with Crippen LogP contribution < -0.4 is 0 Å². The summed E-state index contributed by atoms with van der Waals surface area (Å²) in [5.41, 5.74) is 0. The minimum atomic E-state index is -1.90. The largest absolute Gasteiger partial charge is 0.789 e. The van der Waals surface area contributed by atoms with E-state index in [1.807, 2.05) is 0 Å². The van der Waals surface area contributed by atoms with E-state index in [-0.39, 0.29) is 12.8 Å². The Hall–Kier alpha value is -1.08. The van der Waals surface area contributed by atoms with E-state index in [0.717, 1.165) is 0 Å². The average Bonchev–Trinajstić information content (AvgIpc) is 1.98. The number of carbonyl (C=O) groups is 2. The molecule has 0 radical (unpaired) electrons. The van der Waals surface area contributed by atoms with Crippen molar-refractivity contribution < 1.29 is 29.0 Å². The van der Waals surface area contributed by atoms with Crippen molar-refractivity contribution in [3.05, 3.63) is 0 Å². The molecule has 1 rings (SSSR count). The van der Waals surface area contributed by atoms with E-state index in [2.05, 4.69) is 9.31 Å². The van der Waals surface area contributed by atoms with Crippen LogP contribution in [-0.2, 0) is 18.9 Å². The molecule has 0 aliphatic carbocycles. The van der Waals surface area contributed by atoms with E-state index in [9.17, 15) is 9.59 Å². The smallest absolute Gasteiger partial charge is 0.474 e. The summed E-state index contributed by atoms with van der Waals surface area (Å²) in [6, 6.07) is 0. The third-order valence-corrected chi connectivity index (χ3v) is 1.34. The van der Waals surface area contributed by atoms with Crippen molar-refractivity contribution in [3.63, 3.8) is 0 Å². The van der Waals surface area contributed by atoms with E-state index < -0.39 is 25.4 Å². The lowest BCUT2D eigenvalue weighted by Gasteiger charge is -2.15. The predicted molar refractivity (Wildman–Crippen MR) is 35.4 cm³/mol. The Kier molecular flexibility index (Phi) is 2.67. The second-order valence-electron chi connectivity index (χ2n) is 2.29. The highest BCUT2D eigenvalue weighted by Crippen LogP contribution is 2.06. The molecule has 66 valence electrons. The number of carbonyl (C=O) groups excluding carboxylic acids is 2. The zero-order valence-corrected chi connectivity index (χ0v) is 6.10. The Bertz CT molecular complexity index is 204. The van der Waals surface area contributed by atoms with Gasteiger partial charge in [0.05, 0.1) is 0 Å². The van der Waals surface area contributed by atoms with Crippen LogP contribution in [0.15, 0.2) is 0 Å². The molecule has 0 aromatic rings. The van der Waals surface area contributed by atoms with Crippen molar-refractivity contribution >= 4 is 19.3 Å². The average molecular weight is 174 g/mol. The molecule has 0 spiro atoms. The standard InChI is InChI=1S/C5H7BO6/c7-3-1-2-4(8)11-6(10)12-5(3)9/h3,7,10H,1-2H2. The molecule has 0 amide bonds. The molecule has 12 heavy (non-hydrogen) atoms. The Balaban J connectivity index is 2.58. The van der Waals surface area contributed by atoms with Crippen molar-refractivity contribution in [1.82, 2.24) is 0 Å². The molecule has 7 heteroatoms. The monoisotopic (exact) mass is 174 g/mol. The molecule has 1 atom stereocenters. The molecule has 6 nitrogen and oxygen atoms in total. The van der Waals surface area contributed by atoms with Gasteiger partial charge in [-0.05, 0) is 6.42 Å². The van der Waals surface area contributed by atoms with Gasteiger partial charge in [0.1, 0.15) is 0 Å². The minimum Gasteiger partial charge on any atom is -0.474 e. The lowest BCUT2D eigenvalue weighted by molar-refractivity contribution is -0.153. The van der Waals surface area contributed by atoms with E-state index in [4.69, 9.17) is 10.1 Å². The van der Waals surface area contributed by atoms with Crippen molar-refractivity contribution in [2.75, 3.05) is 0 Å². The van der Waals surface area contributed by atoms with Gasteiger partial charge in [-0.2, -0.15) is 0 Å². The van der Waals surface area contributed by atoms with Crippen molar-refractivity contribution in [2.24, 2.45) is 0 Å². The highest BCUT2D eigenvalue weighted by atomic mass is 16.7. The first-order valence-electron chi connectivity index (χ1n) is 3.35. The van der Waals surface area contributed by atoms with Crippen LogP contribution in [0.25, 0.3) is 0 Å². The zero-order chi connectivity index (χ0) is 9.14. The van der Waals surface area contributed by atoms with Crippen molar-refractivity contribution in [1.29, 1.82) is 0 Å². The van der Waals surface area contributed by atoms with E-state index >= 15 is 0 Å². The third-order valence-electron chi connectivity index (χ3n) is 1.34. The lowest BCUT2D eigenvalue weighted by Crippen LogP contribution is -2.37. The topological polar surface area (TPSA) is 93.1 Å². The van der Waals surface area contributed by atoms with Gasteiger partial charge in [-0.15, -0.1) is 0 Å². The molecule has 0 bridgehead atoms. The Morgan fingerprint density at radius 1 is 1.42 bits per heavy atom. The number of hydrogen-bond donors (Lipinski definition) is 2. The molecule has 1 heterocycles. The quantitative estimate of drug-likeness (QED) is 0.421. The summed E-state index contributed by atoms with van der Waals surface area (Å²) in [6.45, 7) is 0. The van der Waals surface area contributed by atoms with Gasteiger partial charge in [0.15, 0.2) is 6.10 Å². The van der Waals surface area contributed by atoms with E-state index in [1.165, 1.54) is 0 Å². The van der Waals surface area contributed by atoms with Gasteiger partial charge in [0, 0.05) is 6.42 Å².